The molecule has 1 aromatic heterocycles. The highest BCUT2D eigenvalue weighted by atomic mass is 79.9. The summed E-state index contributed by atoms with van der Waals surface area (Å²) in [6.07, 6.45) is 1.80. The second-order valence-corrected chi connectivity index (χ2v) is 4.94. The Balaban J connectivity index is 1.95. The van der Waals surface area contributed by atoms with Crippen molar-refractivity contribution in [3.63, 3.8) is 0 Å². The third-order valence-electron chi connectivity index (χ3n) is 2.31. The van der Waals surface area contributed by atoms with E-state index in [1.54, 1.807) is 10.9 Å². The SMILES string of the molecule is OCCn1cc(CNc2ccc(Br)c(Cl)c2)nn1. The summed E-state index contributed by atoms with van der Waals surface area (Å²) in [6, 6.07) is 5.64. The van der Waals surface area contributed by atoms with Crippen LogP contribution in [0.25, 0.3) is 0 Å². The number of aromatic nitrogens is 3. The molecule has 1 heterocycles. The molecule has 18 heavy (non-hydrogen) atoms. The molecule has 0 saturated heterocycles. The smallest absolute Gasteiger partial charge is 0.102 e. The number of nitrogens with one attached hydrogen (secondary N) is 1. The molecule has 0 bridgehead atoms. The summed E-state index contributed by atoms with van der Waals surface area (Å²) in [6.45, 7) is 1.07. The van der Waals surface area contributed by atoms with Gasteiger partial charge in [0, 0.05) is 10.2 Å². The maximum atomic E-state index is 8.77. The number of rotatable bonds is 5. The van der Waals surface area contributed by atoms with Crippen molar-refractivity contribution in [1.82, 2.24) is 15.0 Å². The number of aliphatic hydroxyl groups excluding tert-OH is 1. The second kappa shape index (κ2) is 6.17. The van der Waals surface area contributed by atoms with E-state index in [1.807, 2.05) is 18.2 Å². The molecule has 0 atom stereocenters. The van der Waals surface area contributed by atoms with Gasteiger partial charge in [-0.05, 0) is 34.1 Å². The van der Waals surface area contributed by atoms with Crippen LogP contribution in [0.15, 0.2) is 28.9 Å². The molecule has 2 aromatic rings. The van der Waals surface area contributed by atoms with Crippen LogP contribution in [0.4, 0.5) is 5.69 Å². The molecule has 1 aromatic carbocycles. The first-order chi connectivity index (χ1) is 8.69. The van der Waals surface area contributed by atoms with E-state index in [0.29, 0.717) is 18.1 Å². The zero-order valence-corrected chi connectivity index (χ0v) is 11.8. The third kappa shape index (κ3) is 3.44. The number of aliphatic hydroxyl groups is 1. The van der Waals surface area contributed by atoms with E-state index in [2.05, 4.69) is 31.6 Å². The molecule has 0 aliphatic rings. The quantitative estimate of drug-likeness (QED) is 0.882. The average Bonchev–Trinajstić information content (AvgIpc) is 2.79. The fourth-order valence-electron chi connectivity index (χ4n) is 1.43. The minimum absolute atomic E-state index is 0.0541. The lowest BCUT2D eigenvalue weighted by Crippen LogP contribution is -2.02. The van der Waals surface area contributed by atoms with Crippen molar-refractivity contribution in [3.05, 3.63) is 39.6 Å². The van der Waals surface area contributed by atoms with Gasteiger partial charge in [0.1, 0.15) is 5.69 Å². The minimum atomic E-state index is 0.0541. The lowest BCUT2D eigenvalue weighted by Gasteiger charge is -2.05. The number of anilines is 1. The van der Waals surface area contributed by atoms with E-state index < -0.39 is 0 Å². The Labute approximate surface area is 118 Å². The predicted octanol–water partition coefficient (Wildman–Crippen LogP) is 2.30. The summed E-state index contributed by atoms with van der Waals surface area (Å²) < 4.78 is 2.47. The number of hydrogen-bond donors (Lipinski definition) is 2. The van der Waals surface area contributed by atoms with Crippen LogP contribution >= 0.6 is 27.5 Å². The molecule has 0 aliphatic carbocycles. The van der Waals surface area contributed by atoms with Crippen molar-refractivity contribution < 1.29 is 5.11 Å². The van der Waals surface area contributed by atoms with Gasteiger partial charge in [0.25, 0.3) is 0 Å². The summed E-state index contributed by atoms with van der Waals surface area (Å²) in [4.78, 5) is 0. The lowest BCUT2D eigenvalue weighted by molar-refractivity contribution is 0.268. The predicted molar refractivity (Wildman–Crippen MR) is 73.6 cm³/mol. The molecule has 0 fully saturated rings. The van der Waals surface area contributed by atoms with E-state index in [0.717, 1.165) is 15.9 Å². The number of benzene rings is 1. The van der Waals surface area contributed by atoms with Gasteiger partial charge in [-0.1, -0.05) is 16.8 Å². The van der Waals surface area contributed by atoms with Gasteiger partial charge in [0.15, 0.2) is 0 Å². The van der Waals surface area contributed by atoms with Gasteiger partial charge in [-0.2, -0.15) is 0 Å². The Morgan fingerprint density at radius 3 is 3.00 bits per heavy atom. The summed E-state index contributed by atoms with van der Waals surface area (Å²) in [7, 11) is 0. The van der Waals surface area contributed by atoms with Crippen LogP contribution in [0.5, 0.6) is 0 Å². The fraction of sp³-hybridized carbons (Fsp3) is 0.273. The summed E-state index contributed by atoms with van der Waals surface area (Å²) in [5.74, 6) is 0. The lowest BCUT2D eigenvalue weighted by atomic mass is 10.3. The summed E-state index contributed by atoms with van der Waals surface area (Å²) in [5.41, 5.74) is 1.72. The van der Waals surface area contributed by atoms with Crippen LogP contribution in [0.1, 0.15) is 5.69 Å². The average molecular weight is 332 g/mol. The van der Waals surface area contributed by atoms with E-state index in [1.165, 1.54) is 0 Å². The highest BCUT2D eigenvalue weighted by Gasteiger charge is 2.02. The zero-order valence-electron chi connectivity index (χ0n) is 9.48. The van der Waals surface area contributed by atoms with Gasteiger partial charge < -0.3 is 10.4 Å². The van der Waals surface area contributed by atoms with Gasteiger partial charge >= 0.3 is 0 Å². The topological polar surface area (TPSA) is 63.0 Å². The van der Waals surface area contributed by atoms with Crippen molar-refractivity contribution in [2.75, 3.05) is 11.9 Å². The maximum absolute atomic E-state index is 8.77. The Morgan fingerprint density at radius 1 is 1.44 bits per heavy atom. The van der Waals surface area contributed by atoms with Gasteiger partial charge in [0.05, 0.1) is 30.9 Å². The first-order valence-corrected chi connectivity index (χ1v) is 6.55. The van der Waals surface area contributed by atoms with Crippen molar-refractivity contribution >= 4 is 33.2 Å². The van der Waals surface area contributed by atoms with Crippen molar-refractivity contribution in [2.45, 2.75) is 13.1 Å². The number of hydrogen-bond acceptors (Lipinski definition) is 4. The van der Waals surface area contributed by atoms with Crippen molar-refractivity contribution in [1.29, 1.82) is 0 Å². The van der Waals surface area contributed by atoms with Crippen LogP contribution in [0, 0.1) is 0 Å². The molecule has 0 spiro atoms. The minimum Gasteiger partial charge on any atom is -0.394 e. The Hall–Kier alpha value is -1.11. The van der Waals surface area contributed by atoms with Crippen LogP contribution in [0.3, 0.4) is 0 Å². The van der Waals surface area contributed by atoms with Crippen LogP contribution in [-0.4, -0.2) is 26.7 Å². The molecule has 0 aliphatic heterocycles. The van der Waals surface area contributed by atoms with E-state index >= 15 is 0 Å². The molecule has 0 radical (unpaired) electrons. The van der Waals surface area contributed by atoms with Gasteiger partial charge in [-0.3, -0.25) is 0 Å². The van der Waals surface area contributed by atoms with Gasteiger partial charge in [0.2, 0.25) is 0 Å². The molecule has 2 N–H and O–H groups in total. The van der Waals surface area contributed by atoms with Gasteiger partial charge in [-0.15, -0.1) is 5.10 Å². The first-order valence-electron chi connectivity index (χ1n) is 5.38. The number of halogens is 2. The highest BCUT2D eigenvalue weighted by Crippen LogP contribution is 2.25. The Bertz CT molecular complexity index is 532. The van der Waals surface area contributed by atoms with E-state index in [4.69, 9.17) is 16.7 Å². The molecule has 7 heteroatoms. The van der Waals surface area contributed by atoms with E-state index in [9.17, 15) is 0 Å². The summed E-state index contributed by atoms with van der Waals surface area (Å²) >= 11 is 9.33. The molecular formula is C11H12BrClN4O. The van der Waals surface area contributed by atoms with E-state index in [-0.39, 0.29) is 6.61 Å². The third-order valence-corrected chi connectivity index (χ3v) is 3.54. The second-order valence-electron chi connectivity index (χ2n) is 3.68. The zero-order chi connectivity index (χ0) is 13.0. The molecule has 5 nitrogen and oxygen atoms in total. The normalized spacial score (nSPS) is 10.6. The standard InChI is InChI=1S/C11H12BrClN4O/c12-10-2-1-8(5-11(10)13)14-6-9-7-17(3-4-18)16-15-9/h1-2,5,7,14,18H,3-4,6H2. The van der Waals surface area contributed by atoms with Crippen LogP contribution < -0.4 is 5.32 Å². The fourth-order valence-corrected chi connectivity index (χ4v) is 1.86. The first kappa shape index (κ1) is 13.3. The largest absolute Gasteiger partial charge is 0.394 e. The Kier molecular flexibility index (Phi) is 4.57. The Morgan fingerprint density at radius 2 is 2.28 bits per heavy atom. The molecule has 0 unspecified atom stereocenters. The molecule has 2 rings (SSSR count). The van der Waals surface area contributed by atoms with Crippen molar-refractivity contribution in [2.24, 2.45) is 0 Å². The van der Waals surface area contributed by atoms with Crippen LogP contribution in [-0.2, 0) is 13.1 Å². The maximum Gasteiger partial charge on any atom is 0.102 e. The van der Waals surface area contributed by atoms with Crippen molar-refractivity contribution in [3.8, 4) is 0 Å². The highest BCUT2D eigenvalue weighted by molar-refractivity contribution is 9.10. The van der Waals surface area contributed by atoms with Crippen LogP contribution in [0.2, 0.25) is 5.02 Å². The monoisotopic (exact) mass is 330 g/mol. The molecule has 0 amide bonds. The van der Waals surface area contributed by atoms with Gasteiger partial charge in [-0.25, -0.2) is 4.68 Å². The number of nitrogens with zero attached hydrogens (tertiary/aromatic N) is 3. The molecule has 96 valence electrons. The molecular weight excluding hydrogens is 320 g/mol. The molecule has 0 saturated carbocycles. The summed E-state index contributed by atoms with van der Waals surface area (Å²) in [5, 5.41) is 20.5.